The normalized spacial score (nSPS) is 21.4. The molecule has 1 aromatic heterocycles. The number of benzene rings is 1. The number of ether oxygens (including phenoxy) is 1. The molecular formula is C14H14BrClN4O. The van der Waals surface area contributed by atoms with Crippen LogP contribution < -0.4 is 15.0 Å². The van der Waals surface area contributed by atoms with Crippen molar-refractivity contribution in [3.05, 3.63) is 21.9 Å². The predicted octanol–water partition coefficient (Wildman–Crippen LogP) is 2.61. The molecule has 0 bridgehead atoms. The van der Waals surface area contributed by atoms with E-state index in [9.17, 15) is 0 Å². The van der Waals surface area contributed by atoms with Gasteiger partial charge in [-0.2, -0.15) is 0 Å². The summed E-state index contributed by atoms with van der Waals surface area (Å²) >= 11 is 9.90. The van der Waals surface area contributed by atoms with Crippen LogP contribution in [0.2, 0.25) is 5.02 Å². The molecule has 0 saturated carbocycles. The summed E-state index contributed by atoms with van der Waals surface area (Å²) in [6.07, 6.45) is 2.56. The fourth-order valence-electron chi connectivity index (χ4n) is 3.07. The van der Waals surface area contributed by atoms with Gasteiger partial charge in [-0.05, 0) is 22.0 Å². The number of nitrogens with zero attached hydrogens (tertiary/aromatic N) is 3. The minimum Gasteiger partial charge on any atom is -0.491 e. The van der Waals surface area contributed by atoms with Gasteiger partial charge in [-0.15, -0.1) is 0 Å². The molecule has 1 fully saturated rings. The van der Waals surface area contributed by atoms with Crippen molar-refractivity contribution in [2.75, 3.05) is 31.1 Å². The largest absolute Gasteiger partial charge is 0.491 e. The van der Waals surface area contributed by atoms with E-state index in [1.165, 1.54) is 0 Å². The van der Waals surface area contributed by atoms with Crippen LogP contribution in [0.1, 0.15) is 6.42 Å². The minimum atomic E-state index is 0.396. The Kier molecular flexibility index (Phi) is 3.40. The number of halogens is 2. The van der Waals surface area contributed by atoms with E-state index >= 15 is 0 Å². The summed E-state index contributed by atoms with van der Waals surface area (Å²) in [5.74, 6) is 1.62. The summed E-state index contributed by atoms with van der Waals surface area (Å²) in [7, 11) is 0. The van der Waals surface area contributed by atoms with Gasteiger partial charge in [0.1, 0.15) is 12.1 Å². The molecule has 1 N–H and O–H groups in total. The van der Waals surface area contributed by atoms with Crippen molar-refractivity contribution in [3.63, 3.8) is 0 Å². The lowest BCUT2D eigenvalue weighted by Gasteiger charge is -2.39. The molecule has 4 rings (SSSR count). The van der Waals surface area contributed by atoms with Gasteiger partial charge in [0, 0.05) is 36.6 Å². The second kappa shape index (κ2) is 5.26. The SMILES string of the molecule is Clc1c(Br)cc2ncnc3c2c1OCC[C@@H]1CNCCN31. The van der Waals surface area contributed by atoms with Crippen molar-refractivity contribution in [2.24, 2.45) is 0 Å². The topological polar surface area (TPSA) is 50.3 Å². The Balaban J connectivity index is 2.01. The monoisotopic (exact) mass is 368 g/mol. The summed E-state index contributed by atoms with van der Waals surface area (Å²) in [6.45, 7) is 3.49. The van der Waals surface area contributed by atoms with Gasteiger partial charge in [-0.1, -0.05) is 11.6 Å². The van der Waals surface area contributed by atoms with Gasteiger partial charge in [0.25, 0.3) is 0 Å². The smallest absolute Gasteiger partial charge is 0.152 e. The lowest BCUT2D eigenvalue weighted by Crippen LogP contribution is -2.52. The summed E-state index contributed by atoms with van der Waals surface area (Å²) < 4.78 is 6.76. The van der Waals surface area contributed by atoms with Crippen molar-refractivity contribution in [1.29, 1.82) is 0 Å². The average Bonchev–Trinajstić information content (AvgIpc) is 2.49. The first-order valence-electron chi connectivity index (χ1n) is 6.98. The molecule has 2 aromatic rings. The van der Waals surface area contributed by atoms with Gasteiger partial charge in [0.2, 0.25) is 0 Å². The summed E-state index contributed by atoms with van der Waals surface area (Å²) in [6, 6.07) is 2.32. The fourth-order valence-corrected chi connectivity index (χ4v) is 3.67. The molecule has 5 nitrogen and oxygen atoms in total. The Morgan fingerprint density at radius 1 is 1.43 bits per heavy atom. The number of anilines is 1. The van der Waals surface area contributed by atoms with Gasteiger partial charge in [0.15, 0.2) is 5.75 Å². The van der Waals surface area contributed by atoms with Gasteiger partial charge in [0.05, 0.1) is 22.5 Å². The quantitative estimate of drug-likeness (QED) is 0.773. The van der Waals surface area contributed by atoms with Crippen molar-refractivity contribution >= 4 is 44.3 Å². The standard InChI is InChI=1S/C14H14BrClN4O/c15-9-5-10-11-13(12(9)16)21-4-1-8-6-17-2-3-20(8)14(11)19-7-18-10/h5,7-8,17H,1-4,6H2/t8-/m1/s1. The van der Waals surface area contributed by atoms with Gasteiger partial charge < -0.3 is 15.0 Å². The van der Waals surface area contributed by atoms with Gasteiger partial charge in [-0.25, -0.2) is 9.97 Å². The molecule has 110 valence electrons. The van der Waals surface area contributed by atoms with Crippen molar-refractivity contribution in [2.45, 2.75) is 12.5 Å². The van der Waals surface area contributed by atoms with Crippen LogP contribution in [0.25, 0.3) is 10.9 Å². The van der Waals surface area contributed by atoms with Crippen molar-refractivity contribution in [3.8, 4) is 5.75 Å². The second-order valence-electron chi connectivity index (χ2n) is 5.28. The lowest BCUT2D eigenvalue weighted by atomic mass is 10.1. The summed E-state index contributed by atoms with van der Waals surface area (Å²) in [5.41, 5.74) is 0.852. The van der Waals surface area contributed by atoms with Crippen LogP contribution in [0.4, 0.5) is 5.82 Å². The molecular weight excluding hydrogens is 356 g/mol. The van der Waals surface area contributed by atoms with E-state index < -0.39 is 0 Å². The number of nitrogens with one attached hydrogen (secondary N) is 1. The van der Waals surface area contributed by atoms with Crippen LogP contribution >= 0.6 is 27.5 Å². The molecule has 0 spiro atoms. The number of aromatic nitrogens is 2. The Hall–Kier alpha value is -1.11. The van der Waals surface area contributed by atoms with Crippen LogP contribution in [-0.4, -0.2) is 42.3 Å². The number of hydrogen-bond acceptors (Lipinski definition) is 5. The highest BCUT2D eigenvalue weighted by molar-refractivity contribution is 9.10. The highest BCUT2D eigenvalue weighted by Gasteiger charge is 2.29. The highest BCUT2D eigenvalue weighted by Crippen LogP contribution is 2.43. The van der Waals surface area contributed by atoms with Gasteiger partial charge >= 0.3 is 0 Å². The molecule has 2 aliphatic rings. The Labute approximate surface area is 135 Å². The first-order chi connectivity index (χ1) is 10.3. The minimum absolute atomic E-state index is 0.396. The van der Waals surface area contributed by atoms with E-state index in [1.807, 2.05) is 6.07 Å². The molecule has 0 radical (unpaired) electrons. The van der Waals surface area contributed by atoms with E-state index in [-0.39, 0.29) is 0 Å². The fraction of sp³-hybridized carbons (Fsp3) is 0.429. The molecule has 3 heterocycles. The molecule has 0 amide bonds. The third-order valence-electron chi connectivity index (χ3n) is 4.08. The Bertz CT molecular complexity index is 711. The number of hydrogen-bond donors (Lipinski definition) is 1. The third-order valence-corrected chi connectivity index (χ3v) is 5.30. The first-order valence-corrected chi connectivity index (χ1v) is 8.15. The molecule has 1 aromatic carbocycles. The molecule has 21 heavy (non-hydrogen) atoms. The maximum absolute atomic E-state index is 6.42. The zero-order valence-corrected chi connectivity index (χ0v) is 13.6. The van der Waals surface area contributed by atoms with Crippen LogP contribution in [0.5, 0.6) is 5.75 Å². The summed E-state index contributed by atoms with van der Waals surface area (Å²) in [4.78, 5) is 11.3. The highest BCUT2D eigenvalue weighted by atomic mass is 79.9. The van der Waals surface area contributed by atoms with E-state index in [1.54, 1.807) is 6.33 Å². The van der Waals surface area contributed by atoms with E-state index in [4.69, 9.17) is 16.3 Å². The maximum Gasteiger partial charge on any atom is 0.152 e. The molecule has 1 atom stereocenters. The van der Waals surface area contributed by atoms with Crippen LogP contribution in [0.3, 0.4) is 0 Å². The number of fused-ring (bicyclic) bond motifs is 2. The number of rotatable bonds is 0. The second-order valence-corrected chi connectivity index (χ2v) is 6.51. The van der Waals surface area contributed by atoms with Crippen LogP contribution in [0, 0.1) is 0 Å². The number of piperazine rings is 1. The Morgan fingerprint density at radius 2 is 2.33 bits per heavy atom. The van der Waals surface area contributed by atoms with E-state index in [2.05, 4.69) is 36.1 Å². The average molecular weight is 370 g/mol. The lowest BCUT2D eigenvalue weighted by molar-refractivity contribution is 0.284. The zero-order valence-electron chi connectivity index (χ0n) is 11.3. The zero-order chi connectivity index (χ0) is 14.4. The molecule has 7 heteroatoms. The molecule has 1 saturated heterocycles. The van der Waals surface area contributed by atoms with Crippen molar-refractivity contribution in [1.82, 2.24) is 15.3 Å². The van der Waals surface area contributed by atoms with E-state index in [0.29, 0.717) is 23.4 Å². The van der Waals surface area contributed by atoms with Crippen molar-refractivity contribution < 1.29 is 4.74 Å². The molecule has 2 aliphatic heterocycles. The maximum atomic E-state index is 6.42. The predicted molar refractivity (Wildman–Crippen MR) is 86.4 cm³/mol. The third kappa shape index (κ3) is 2.17. The molecule has 0 aliphatic carbocycles. The Morgan fingerprint density at radius 3 is 3.24 bits per heavy atom. The van der Waals surface area contributed by atoms with Gasteiger partial charge in [-0.3, -0.25) is 0 Å². The summed E-state index contributed by atoms with van der Waals surface area (Å²) in [5, 5.41) is 4.94. The first kappa shape index (κ1) is 13.5. The molecule has 0 unspecified atom stereocenters. The van der Waals surface area contributed by atoms with Crippen LogP contribution in [0.15, 0.2) is 16.9 Å². The van der Waals surface area contributed by atoms with Crippen LogP contribution in [-0.2, 0) is 0 Å². The van der Waals surface area contributed by atoms with E-state index in [0.717, 1.165) is 47.2 Å².